The molecule has 0 fully saturated rings. The predicted molar refractivity (Wildman–Crippen MR) is 114 cm³/mol. The molecule has 156 valence electrons. The number of hydrogen-bond acceptors (Lipinski definition) is 4. The van der Waals surface area contributed by atoms with Gasteiger partial charge in [0.1, 0.15) is 11.3 Å². The van der Waals surface area contributed by atoms with Crippen LogP contribution in [0.25, 0.3) is 26.9 Å². The Hall–Kier alpha value is -3.46. The second-order valence-corrected chi connectivity index (χ2v) is 8.15. The highest BCUT2D eigenvalue weighted by molar-refractivity contribution is 7.16. The van der Waals surface area contributed by atoms with Crippen molar-refractivity contribution >= 4 is 32.6 Å². The first-order chi connectivity index (χ1) is 14.8. The molecule has 31 heavy (non-hydrogen) atoms. The van der Waals surface area contributed by atoms with E-state index in [2.05, 4.69) is 9.97 Å². The topological polar surface area (TPSA) is 52.7 Å². The Morgan fingerprint density at radius 3 is 2.55 bits per heavy atom. The summed E-state index contributed by atoms with van der Waals surface area (Å²) in [7, 11) is 0. The van der Waals surface area contributed by atoms with Crippen molar-refractivity contribution in [3.8, 4) is 5.69 Å². The lowest BCUT2D eigenvalue weighted by Crippen LogP contribution is -2.14. The van der Waals surface area contributed by atoms with Gasteiger partial charge in [-0.2, -0.15) is 13.2 Å². The second-order valence-electron chi connectivity index (χ2n) is 7.16. The van der Waals surface area contributed by atoms with E-state index in [9.17, 15) is 18.0 Å². The van der Waals surface area contributed by atoms with E-state index < -0.39 is 11.7 Å². The van der Waals surface area contributed by atoms with Crippen LogP contribution in [0.5, 0.6) is 0 Å². The zero-order chi connectivity index (χ0) is 21.8. The van der Waals surface area contributed by atoms with Gasteiger partial charge in [-0.05, 0) is 48.9 Å². The first-order valence-electron chi connectivity index (χ1n) is 9.40. The van der Waals surface area contributed by atoms with Crippen LogP contribution in [0.1, 0.15) is 17.0 Å². The number of hydrogen-bond donors (Lipinski definition) is 0. The fourth-order valence-electron chi connectivity index (χ4n) is 3.70. The summed E-state index contributed by atoms with van der Waals surface area (Å²) in [6.45, 7) is 2.09. The Labute approximate surface area is 178 Å². The molecule has 0 saturated heterocycles. The van der Waals surface area contributed by atoms with E-state index in [-0.39, 0.29) is 16.9 Å². The zero-order valence-electron chi connectivity index (χ0n) is 16.2. The molecule has 0 unspecified atom stereocenters. The van der Waals surface area contributed by atoms with Crippen molar-refractivity contribution < 1.29 is 13.2 Å². The van der Waals surface area contributed by atoms with Gasteiger partial charge in [-0.25, -0.2) is 4.98 Å². The Kier molecular flexibility index (Phi) is 4.44. The summed E-state index contributed by atoms with van der Waals surface area (Å²) in [5, 5.41) is 0. The molecule has 0 saturated carbocycles. The SMILES string of the molecule is Cc1nc2cnccc2n1-c1ccc(Cn2c(=O)sc3ccc(C(F)(F)F)cc32)cc1. The molecule has 5 nitrogen and oxygen atoms in total. The molecule has 0 atom stereocenters. The van der Waals surface area contributed by atoms with E-state index >= 15 is 0 Å². The van der Waals surface area contributed by atoms with E-state index in [1.54, 1.807) is 12.4 Å². The van der Waals surface area contributed by atoms with Crippen molar-refractivity contribution in [3.63, 3.8) is 0 Å². The van der Waals surface area contributed by atoms with Gasteiger partial charge in [0.15, 0.2) is 0 Å². The van der Waals surface area contributed by atoms with Gasteiger partial charge in [0, 0.05) is 11.9 Å². The quantitative estimate of drug-likeness (QED) is 0.389. The minimum Gasteiger partial charge on any atom is -0.296 e. The lowest BCUT2D eigenvalue weighted by atomic mass is 10.1. The Balaban J connectivity index is 1.51. The first kappa shape index (κ1) is 19.5. The van der Waals surface area contributed by atoms with Crippen LogP contribution in [0.3, 0.4) is 0 Å². The van der Waals surface area contributed by atoms with E-state index in [4.69, 9.17) is 0 Å². The van der Waals surface area contributed by atoms with Crippen molar-refractivity contribution in [3.05, 3.63) is 87.5 Å². The second kappa shape index (κ2) is 7.05. The Morgan fingerprint density at radius 1 is 1.03 bits per heavy atom. The predicted octanol–water partition coefficient (Wildman–Crippen LogP) is 5.17. The standard InChI is InChI=1S/C22H15F3N4OS/c1-13-27-17-11-26-9-8-18(17)29(13)16-5-2-14(3-6-16)12-28-19-10-15(22(23,24)25)4-7-20(19)31-21(28)30/h2-11H,12H2,1H3. The van der Waals surface area contributed by atoms with Gasteiger partial charge in [-0.1, -0.05) is 23.5 Å². The maximum absolute atomic E-state index is 13.1. The van der Waals surface area contributed by atoms with Crippen molar-refractivity contribution in [1.82, 2.24) is 19.1 Å². The summed E-state index contributed by atoms with van der Waals surface area (Å²) in [5.74, 6) is 0.815. The molecule has 3 aromatic heterocycles. The fourth-order valence-corrected chi connectivity index (χ4v) is 4.57. The first-order valence-corrected chi connectivity index (χ1v) is 10.2. The van der Waals surface area contributed by atoms with Crippen LogP contribution in [-0.4, -0.2) is 19.1 Å². The van der Waals surface area contributed by atoms with E-state index in [0.717, 1.165) is 51.6 Å². The average Bonchev–Trinajstić information content (AvgIpc) is 3.23. The number of alkyl halides is 3. The van der Waals surface area contributed by atoms with Crippen molar-refractivity contribution in [2.75, 3.05) is 0 Å². The van der Waals surface area contributed by atoms with Crippen LogP contribution in [-0.2, 0) is 12.7 Å². The van der Waals surface area contributed by atoms with Crippen LogP contribution >= 0.6 is 11.3 Å². The van der Waals surface area contributed by atoms with Crippen LogP contribution in [0.4, 0.5) is 13.2 Å². The summed E-state index contributed by atoms with van der Waals surface area (Å²) in [5.41, 5.74) is 2.96. The number of halogens is 3. The highest BCUT2D eigenvalue weighted by Gasteiger charge is 2.31. The number of aromatic nitrogens is 4. The van der Waals surface area contributed by atoms with Crippen LogP contribution in [0.2, 0.25) is 0 Å². The molecule has 0 aliphatic carbocycles. The molecule has 5 aromatic rings. The molecular weight excluding hydrogens is 425 g/mol. The molecule has 0 radical (unpaired) electrons. The molecule has 3 heterocycles. The highest BCUT2D eigenvalue weighted by atomic mass is 32.1. The minimum absolute atomic E-state index is 0.188. The van der Waals surface area contributed by atoms with E-state index in [1.807, 2.05) is 41.8 Å². The van der Waals surface area contributed by atoms with Crippen LogP contribution in [0.15, 0.2) is 65.7 Å². The summed E-state index contributed by atoms with van der Waals surface area (Å²) in [6, 6.07) is 12.8. The number of fused-ring (bicyclic) bond motifs is 2. The molecule has 0 N–H and O–H groups in total. The number of imidazole rings is 1. The van der Waals surface area contributed by atoms with Gasteiger partial charge in [0.2, 0.25) is 0 Å². The summed E-state index contributed by atoms with van der Waals surface area (Å²) < 4.78 is 43.2. The molecular formula is C22H15F3N4OS. The normalized spacial score (nSPS) is 12.1. The lowest BCUT2D eigenvalue weighted by molar-refractivity contribution is -0.137. The minimum atomic E-state index is -4.46. The highest BCUT2D eigenvalue weighted by Crippen LogP contribution is 2.32. The van der Waals surface area contributed by atoms with E-state index in [0.29, 0.717) is 4.70 Å². The largest absolute Gasteiger partial charge is 0.416 e. The Morgan fingerprint density at radius 2 is 1.81 bits per heavy atom. The molecule has 9 heteroatoms. The molecule has 0 bridgehead atoms. The van der Waals surface area contributed by atoms with Crippen molar-refractivity contribution in [1.29, 1.82) is 0 Å². The van der Waals surface area contributed by atoms with Gasteiger partial charge in [-0.15, -0.1) is 0 Å². The monoisotopic (exact) mass is 440 g/mol. The van der Waals surface area contributed by atoms with Crippen LogP contribution in [0, 0.1) is 6.92 Å². The number of benzene rings is 2. The molecule has 5 rings (SSSR count). The average molecular weight is 440 g/mol. The maximum Gasteiger partial charge on any atom is 0.416 e. The van der Waals surface area contributed by atoms with Crippen LogP contribution < -0.4 is 4.87 Å². The third-order valence-electron chi connectivity index (χ3n) is 5.15. The zero-order valence-corrected chi connectivity index (χ0v) is 17.0. The molecule has 0 amide bonds. The Bertz CT molecular complexity index is 1480. The van der Waals surface area contributed by atoms with E-state index in [1.165, 1.54) is 10.6 Å². The van der Waals surface area contributed by atoms with Crippen molar-refractivity contribution in [2.45, 2.75) is 19.6 Å². The summed E-state index contributed by atoms with van der Waals surface area (Å²) in [4.78, 5) is 20.7. The number of pyridine rings is 1. The number of thiazole rings is 1. The van der Waals surface area contributed by atoms with Gasteiger partial charge < -0.3 is 0 Å². The summed E-state index contributed by atoms with van der Waals surface area (Å²) >= 11 is 0.944. The third kappa shape index (κ3) is 3.40. The number of nitrogens with zero attached hydrogens (tertiary/aromatic N) is 4. The van der Waals surface area contributed by atoms with Gasteiger partial charge in [0.05, 0.1) is 34.0 Å². The molecule has 0 aliphatic heterocycles. The van der Waals surface area contributed by atoms with Gasteiger partial charge in [0.25, 0.3) is 0 Å². The maximum atomic E-state index is 13.1. The lowest BCUT2D eigenvalue weighted by Gasteiger charge is -2.10. The smallest absolute Gasteiger partial charge is 0.296 e. The van der Waals surface area contributed by atoms with Gasteiger partial charge >= 0.3 is 11.0 Å². The molecule has 0 spiro atoms. The number of rotatable bonds is 3. The summed E-state index contributed by atoms with van der Waals surface area (Å²) in [6.07, 6.45) is -1.05. The third-order valence-corrected chi connectivity index (χ3v) is 6.11. The van der Waals surface area contributed by atoms with Crippen molar-refractivity contribution in [2.24, 2.45) is 0 Å². The molecule has 2 aromatic carbocycles. The molecule has 0 aliphatic rings. The fraction of sp³-hybridized carbons (Fsp3) is 0.136. The van der Waals surface area contributed by atoms with Gasteiger partial charge in [-0.3, -0.25) is 18.9 Å². The number of aryl methyl sites for hydroxylation is 1.